The first-order chi connectivity index (χ1) is 13.8. The van der Waals surface area contributed by atoms with Gasteiger partial charge in [-0.25, -0.2) is 9.97 Å². The quantitative estimate of drug-likeness (QED) is 0.630. The third-order valence-corrected chi connectivity index (χ3v) is 6.78. The average Bonchev–Trinajstić information content (AvgIpc) is 3.16. The van der Waals surface area contributed by atoms with Crippen LogP contribution in [-0.4, -0.2) is 85.1 Å². The summed E-state index contributed by atoms with van der Waals surface area (Å²) in [5.74, 6) is 1.95. The van der Waals surface area contributed by atoms with E-state index in [1.54, 1.807) is 0 Å². The van der Waals surface area contributed by atoms with Gasteiger partial charge in [-0.3, -0.25) is 9.89 Å². The SMILES string of the molecule is CN=C(NCCN1CCN(c2ncccn2)CC1)N1CCC2(CCCCC2)C1. The number of piperazine rings is 1. The van der Waals surface area contributed by atoms with Crippen molar-refractivity contribution in [1.82, 2.24) is 25.1 Å². The lowest BCUT2D eigenvalue weighted by Gasteiger charge is -2.35. The summed E-state index contributed by atoms with van der Waals surface area (Å²) in [5.41, 5.74) is 0.575. The Morgan fingerprint density at radius 1 is 1.04 bits per heavy atom. The van der Waals surface area contributed by atoms with Crippen molar-refractivity contribution in [2.75, 3.05) is 64.3 Å². The molecule has 0 atom stereocenters. The lowest BCUT2D eigenvalue weighted by atomic mass is 9.73. The van der Waals surface area contributed by atoms with E-state index < -0.39 is 0 Å². The zero-order valence-corrected chi connectivity index (χ0v) is 17.3. The number of nitrogens with one attached hydrogen (secondary N) is 1. The predicted molar refractivity (Wildman–Crippen MR) is 114 cm³/mol. The van der Waals surface area contributed by atoms with Gasteiger partial charge in [-0.2, -0.15) is 0 Å². The van der Waals surface area contributed by atoms with E-state index in [0.29, 0.717) is 5.41 Å². The van der Waals surface area contributed by atoms with Gasteiger partial charge >= 0.3 is 0 Å². The van der Waals surface area contributed by atoms with Gasteiger partial charge in [0.2, 0.25) is 5.95 Å². The molecule has 0 aromatic carbocycles. The minimum atomic E-state index is 0.575. The second-order valence-corrected chi connectivity index (χ2v) is 8.58. The fourth-order valence-electron chi connectivity index (χ4n) is 5.11. The fraction of sp³-hybridized carbons (Fsp3) is 0.762. The Morgan fingerprint density at radius 3 is 2.50 bits per heavy atom. The number of rotatable bonds is 4. The summed E-state index contributed by atoms with van der Waals surface area (Å²) >= 11 is 0. The minimum Gasteiger partial charge on any atom is -0.355 e. The van der Waals surface area contributed by atoms with Gasteiger partial charge in [-0.05, 0) is 30.7 Å². The number of aliphatic imine (C=N–C) groups is 1. The standard InChI is InChI=1S/C21H35N7/c1-22-19(28-12-8-21(18-28)6-3-2-4-7-21)25-11-13-26-14-16-27(17-15-26)20-23-9-5-10-24-20/h5,9-10H,2-4,6-8,11-18H2,1H3,(H,22,25). The first-order valence-electron chi connectivity index (χ1n) is 11.0. The minimum absolute atomic E-state index is 0.575. The van der Waals surface area contributed by atoms with E-state index in [9.17, 15) is 0 Å². The number of likely N-dealkylation sites (tertiary alicyclic amines) is 1. The number of nitrogens with zero attached hydrogens (tertiary/aromatic N) is 6. The van der Waals surface area contributed by atoms with Gasteiger partial charge in [0.15, 0.2) is 5.96 Å². The van der Waals surface area contributed by atoms with Crippen LogP contribution >= 0.6 is 0 Å². The van der Waals surface area contributed by atoms with Crippen LogP contribution in [0.25, 0.3) is 0 Å². The maximum Gasteiger partial charge on any atom is 0.225 e. The first kappa shape index (κ1) is 19.4. The Labute approximate surface area is 169 Å². The Morgan fingerprint density at radius 2 is 1.79 bits per heavy atom. The molecular formula is C21H35N7. The van der Waals surface area contributed by atoms with Crippen LogP contribution in [0.1, 0.15) is 38.5 Å². The molecule has 4 rings (SSSR count). The van der Waals surface area contributed by atoms with E-state index in [2.05, 4.69) is 35.0 Å². The van der Waals surface area contributed by atoms with E-state index in [4.69, 9.17) is 0 Å². The summed E-state index contributed by atoms with van der Waals surface area (Å²) < 4.78 is 0. The van der Waals surface area contributed by atoms with Crippen molar-refractivity contribution in [2.24, 2.45) is 10.4 Å². The molecule has 0 bridgehead atoms. The largest absolute Gasteiger partial charge is 0.355 e. The highest BCUT2D eigenvalue weighted by atomic mass is 15.3. The van der Waals surface area contributed by atoms with Crippen LogP contribution in [0, 0.1) is 5.41 Å². The fourth-order valence-corrected chi connectivity index (χ4v) is 5.11. The predicted octanol–water partition coefficient (Wildman–Crippen LogP) is 1.83. The molecule has 1 aromatic heterocycles. The Bertz CT molecular complexity index is 633. The van der Waals surface area contributed by atoms with E-state index in [1.807, 2.05) is 25.5 Å². The van der Waals surface area contributed by atoms with E-state index in [-0.39, 0.29) is 0 Å². The molecule has 3 fully saturated rings. The second kappa shape index (κ2) is 9.07. The third kappa shape index (κ3) is 4.57. The van der Waals surface area contributed by atoms with Crippen molar-refractivity contribution >= 4 is 11.9 Å². The maximum atomic E-state index is 4.57. The van der Waals surface area contributed by atoms with Crippen LogP contribution in [0.4, 0.5) is 5.95 Å². The van der Waals surface area contributed by atoms with E-state index in [1.165, 1.54) is 45.1 Å². The van der Waals surface area contributed by atoms with Crippen LogP contribution < -0.4 is 10.2 Å². The van der Waals surface area contributed by atoms with Crippen LogP contribution in [0.3, 0.4) is 0 Å². The molecular weight excluding hydrogens is 350 g/mol. The lowest BCUT2D eigenvalue weighted by Crippen LogP contribution is -2.50. The summed E-state index contributed by atoms with van der Waals surface area (Å²) in [5, 5.41) is 3.62. The zero-order chi connectivity index (χ0) is 19.2. The molecule has 2 saturated heterocycles. The number of hydrogen-bond acceptors (Lipinski definition) is 5. The molecule has 2 aliphatic heterocycles. The number of hydrogen-bond donors (Lipinski definition) is 1. The molecule has 1 spiro atoms. The van der Waals surface area contributed by atoms with Gasteiger partial charge in [-0.1, -0.05) is 19.3 Å². The van der Waals surface area contributed by atoms with Crippen LogP contribution in [0.2, 0.25) is 0 Å². The molecule has 1 aromatic rings. The van der Waals surface area contributed by atoms with E-state index in [0.717, 1.165) is 57.7 Å². The molecule has 3 aliphatic rings. The lowest BCUT2D eigenvalue weighted by molar-refractivity contribution is 0.203. The molecule has 7 heteroatoms. The monoisotopic (exact) mass is 385 g/mol. The van der Waals surface area contributed by atoms with Gasteiger partial charge < -0.3 is 15.1 Å². The number of anilines is 1. The van der Waals surface area contributed by atoms with Gasteiger partial charge in [0, 0.05) is 71.8 Å². The highest BCUT2D eigenvalue weighted by Crippen LogP contribution is 2.43. The highest BCUT2D eigenvalue weighted by molar-refractivity contribution is 5.80. The maximum absolute atomic E-state index is 4.57. The summed E-state index contributed by atoms with van der Waals surface area (Å²) in [6.07, 6.45) is 12.1. The smallest absolute Gasteiger partial charge is 0.225 e. The van der Waals surface area contributed by atoms with Crippen LogP contribution in [-0.2, 0) is 0 Å². The molecule has 1 saturated carbocycles. The van der Waals surface area contributed by atoms with Crippen LogP contribution in [0.5, 0.6) is 0 Å². The summed E-state index contributed by atoms with van der Waals surface area (Å²) in [7, 11) is 1.92. The van der Waals surface area contributed by atoms with E-state index >= 15 is 0 Å². The summed E-state index contributed by atoms with van der Waals surface area (Å²) in [6, 6.07) is 1.87. The van der Waals surface area contributed by atoms with Crippen molar-refractivity contribution in [2.45, 2.75) is 38.5 Å². The van der Waals surface area contributed by atoms with Crippen LogP contribution in [0.15, 0.2) is 23.5 Å². The Hall–Kier alpha value is -1.89. The number of guanidine groups is 1. The molecule has 28 heavy (non-hydrogen) atoms. The zero-order valence-electron chi connectivity index (χ0n) is 17.3. The Kier molecular flexibility index (Phi) is 6.29. The normalized spacial score (nSPS) is 23.4. The molecule has 0 amide bonds. The summed E-state index contributed by atoms with van der Waals surface area (Å²) in [4.78, 5) is 20.6. The molecule has 7 nitrogen and oxygen atoms in total. The first-order valence-corrected chi connectivity index (χ1v) is 11.0. The van der Waals surface area contributed by atoms with Gasteiger partial charge in [0.25, 0.3) is 0 Å². The van der Waals surface area contributed by atoms with Gasteiger partial charge in [0.05, 0.1) is 0 Å². The third-order valence-electron chi connectivity index (χ3n) is 6.78. The van der Waals surface area contributed by atoms with Crippen molar-refractivity contribution in [1.29, 1.82) is 0 Å². The molecule has 1 aliphatic carbocycles. The van der Waals surface area contributed by atoms with Crippen molar-refractivity contribution in [3.05, 3.63) is 18.5 Å². The molecule has 0 radical (unpaired) electrons. The van der Waals surface area contributed by atoms with Crippen molar-refractivity contribution in [3.8, 4) is 0 Å². The molecule has 3 heterocycles. The Balaban J connectivity index is 1.19. The van der Waals surface area contributed by atoms with Crippen molar-refractivity contribution < 1.29 is 0 Å². The molecule has 154 valence electrons. The topological polar surface area (TPSA) is 59.9 Å². The number of aromatic nitrogens is 2. The highest BCUT2D eigenvalue weighted by Gasteiger charge is 2.39. The molecule has 0 unspecified atom stereocenters. The molecule has 1 N–H and O–H groups in total. The summed E-state index contributed by atoms with van der Waals surface area (Å²) in [6.45, 7) is 8.48. The van der Waals surface area contributed by atoms with Gasteiger partial charge in [0.1, 0.15) is 0 Å². The van der Waals surface area contributed by atoms with Gasteiger partial charge in [-0.15, -0.1) is 0 Å². The second-order valence-electron chi connectivity index (χ2n) is 8.58. The average molecular weight is 386 g/mol. The van der Waals surface area contributed by atoms with Crippen molar-refractivity contribution in [3.63, 3.8) is 0 Å².